The minimum absolute atomic E-state index is 0.126. The van der Waals surface area contributed by atoms with Gasteiger partial charge in [0.2, 0.25) is 0 Å². The van der Waals surface area contributed by atoms with E-state index in [-0.39, 0.29) is 5.78 Å². The van der Waals surface area contributed by atoms with Gasteiger partial charge in [0.05, 0.1) is 0 Å². The van der Waals surface area contributed by atoms with E-state index in [1.807, 2.05) is 30.6 Å². The average molecular weight is 151 g/mol. The number of carbonyl (C=O) groups is 1. The van der Waals surface area contributed by atoms with E-state index in [0.717, 1.165) is 0 Å². The van der Waals surface area contributed by atoms with Crippen LogP contribution in [0.5, 0.6) is 0 Å². The van der Waals surface area contributed by atoms with E-state index in [2.05, 4.69) is 5.43 Å². The van der Waals surface area contributed by atoms with Gasteiger partial charge < -0.3 is 0 Å². The Morgan fingerprint density at radius 2 is 2.00 bits per heavy atom. The molecule has 1 rings (SSSR count). The molecule has 3 nitrogen and oxygen atoms in total. The highest BCUT2D eigenvalue weighted by Gasteiger charge is 1.96. The van der Waals surface area contributed by atoms with Gasteiger partial charge in [-0.15, -0.1) is 0 Å². The van der Waals surface area contributed by atoms with E-state index in [9.17, 15) is 4.79 Å². The number of hydrogen-bond acceptors (Lipinski definition) is 2. The number of nitrogens with zero attached hydrogens (tertiary/aromatic N) is 1. The SMILES string of the molecule is CC(=O)CN[n+]1ccccc1. The summed E-state index contributed by atoms with van der Waals surface area (Å²) in [6.45, 7) is 1.92. The molecule has 0 saturated heterocycles. The normalized spacial score (nSPS) is 9.18. The van der Waals surface area contributed by atoms with Crippen molar-refractivity contribution in [3.05, 3.63) is 30.6 Å². The summed E-state index contributed by atoms with van der Waals surface area (Å²) in [5, 5.41) is 0. The molecular weight excluding hydrogens is 140 g/mol. The van der Waals surface area contributed by atoms with Crippen LogP contribution in [-0.4, -0.2) is 12.3 Å². The molecule has 0 unspecified atom stereocenters. The zero-order valence-electron chi connectivity index (χ0n) is 6.45. The first kappa shape index (κ1) is 7.72. The Kier molecular flexibility index (Phi) is 2.60. The number of nitrogens with one attached hydrogen (secondary N) is 1. The summed E-state index contributed by atoms with van der Waals surface area (Å²) in [6.07, 6.45) is 3.70. The Labute approximate surface area is 65.6 Å². The van der Waals surface area contributed by atoms with E-state index < -0.39 is 0 Å². The molecule has 1 heterocycles. The van der Waals surface area contributed by atoms with Crippen LogP contribution in [0.2, 0.25) is 0 Å². The Morgan fingerprint density at radius 1 is 1.36 bits per heavy atom. The van der Waals surface area contributed by atoms with Gasteiger partial charge in [0.15, 0.2) is 18.2 Å². The van der Waals surface area contributed by atoms with Crippen LogP contribution in [0.4, 0.5) is 0 Å². The second-order valence-electron chi connectivity index (χ2n) is 2.32. The Bertz CT molecular complexity index is 233. The molecule has 3 heteroatoms. The Hall–Kier alpha value is -1.38. The third kappa shape index (κ3) is 2.80. The highest BCUT2D eigenvalue weighted by atomic mass is 16.1. The zero-order valence-corrected chi connectivity index (χ0v) is 6.45. The quantitative estimate of drug-likeness (QED) is 0.622. The molecule has 0 saturated carbocycles. The van der Waals surface area contributed by atoms with Crippen molar-refractivity contribution < 1.29 is 9.47 Å². The molecule has 0 spiro atoms. The molecule has 0 amide bonds. The largest absolute Gasteiger partial charge is 0.298 e. The standard InChI is InChI=1S/C8H11N2O/c1-8(11)7-9-10-5-3-2-4-6-10/h2-6,9H,7H2,1H3/q+1. The molecule has 1 aromatic rings. The van der Waals surface area contributed by atoms with Crippen molar-refractivity contribution in [3.8, 4) is 0 Å². The number of Topliss-reactive ketones (excluding diaryl/α,β-unsaturated/α-hetero) is 1. The lowest BCUT2D eigenvalue weighted by Gasteiger charge is -1.94. The van der Waals surface area contributed by atoms with Crippen molar-refractivity contribution in [1.82, 2.24) is 0 Å². The van der Waals surface area contributed by atoms with Gasteiger partial charge in [0.1, 0.15) is 6.54 Å². The third-order valence-corrected chi connectivity index (χ3v) is 1.23. The molecular formula is C8H11N2O+. The second-order valence-corrected chi connectivity index (χ2v) is 2.32. The Morgan fingerprint density at radius 3 is 2.55 bits per heavy atom. The van der Waals surface area contributed by atoms with E-state index in [0.29, 0.717) is 6.54 Å². The topological polar surface area (TPSA) is 33.0 Å². The second kappa shape index (κ2) is 3.71. The van der Waals surface area contributed by atoms with Crippen LogP contribution in [0.1, 0.15) is 6.92 Å². The summed E-state index contributed by atoms with van der Waals surface area (Å²) >= 11 is 0. The summed E-state index contributed by atoms with van der Waals surface area (Å²) in [7, 11) is 0. The summed E-state index contributed by atoms with van der Waals surface area (Å²) in [4.78, 5) is 10.5. The van der Waals surface area contributed by atoms with Gasteiger partial charge in [-0.1, -0.05) is 10.7 Å². The molecule has 0 bridgehead atoms. The van der Waals surface area contributed by atoms with Crippen molar-refractivity contribution in [2.24, 2.45) is 0 Å². The Balaban J connectivity index is 2.45. The van der Waals surface area contributed by atoms with Crippen molar-refractivity contribution >= 4 is 5.78 Å². The maximum atomic E-state index is 10.5. The molecule has 0 aliphatic carbocycles. The average Bonchev–Trinajstić information content (AvgIpc) is 2.03. The number of carbonyl (C=O) groups excluding carboxylic acids is 1. The van der Waals surface area contributed by atoms with Crippen molar-refractivity contribution in [2.75, 3.05) is 12.0 Å². The van der Waals surface area contributed by atoms with Gasteiger partial charge in [-0.2, -0.15) is 5.43 Å². The van der Waals surface area contributed by atoms with Crippen LogP contribution < -0.4 is 10.1 Å². The fourth-order valence-electron chi connectivity index (χ4n) is 0.707. The molecule has 0 fully saturated rings. The van der Waals surface area contributed by atoms with E-state index in [1.54, 1.807) is 11.6 Å². The number of pyridine rings is 1. The van der Waals surface area contributed by atoms with Gasteiger partial charge in [-0.25, -0.2) is 0 Å². The summed E-state index contributed by atoms with van der Waals surface area (Å²) in [5.41, 5.74) is 2.91. The van der Waals surface area contributed by atoms with Crippen LogP contribution in [0.3, 0.4) is 0 Å². The molecule has 0 aromatic carbocycles. The minimum atomic E-state index is 0.126. The number of hydrogen-bond donors (Lipinski definition) is 1. The highest BCUT2D eigenvalue weighted by molar-refractivity contribution is 5.78. The molecule has 11 heavy (non-hydrogen) atoms. The van der Waals surface area contributed by atoms with Crippen LogP contribution in [-0.2, 0) is 4.79 Å². The van der Waals surface area contributed by atoms with Crippen LogP contribution >= 0.6 is 0 Å². The number of aromatic nitrogens is 1. The fourth-order valence-corrected chi connectivity index (χ4v) is 0.707. The number of rotatable bonds is 3. The minimum Gasteiger partial charge on any atom is -0.298 e. The molecule has 0 aliphatic heterocycles. The first-order valence-corrected chi connectivity index (χ1v) is 3.48. The van der Waals surface area contributed by atoms with Gasteiger partial charge >= 0.3 is 0 Å². The van der Waals surface area contributed by atoms with Crippen molar-refractivity contribution in [2.45, 2.75) is 6.92 Å². The van der Waals surface area contributed by atoms with Gasteiger partial charge in [-0.3, -0.25) is 4.79 Å². The predicted octanol–water partition coefficient (Wildman–Crippen LogP) is 0.107. The van der Waals surface area contributed by atoms with E-state index in [4.69, 9.17) is 0 Å². The fraction of sp³-hybridized carbons (Fsp3) is 0.250. The van der Waals surface area contributed by atoms with Crippen LogP contribution in [0.15, 0.2) is 30.6 Å². The lowest BCUT2D eigenvalue weighted by molar-refractivity contribution is -0.649. The molecule has 0 radical (unpaired) electrons. The zero-order chi connectivity index (χ0) is 8.10. The van der Waals surface area contributed by atoms with Gasteiger partial charge in [-0.05, 0) is 6.92 Å². The monoisotopic (exact) mass is 151 g/mol. The summed E-state index contributed by atoms with van der Waals surface area (Å²) < 4.78 is 1.75. The van der Waals surface area contributed by atoms with Crippen molar-refractivity contribution in [1.29, 1.82) is 0 Å². The van der Waals surface area contributed by atoms with Crippen molar-refractivity contribution in [3.63, 3.8) is 0 Å². The molecule has 1 N–H and O–H groups in total. The number of ketones is 1. The summed E-state index contributed by atoms with van der Waals surface area (Å²) in [5.74, 6) is 0.126. The molecule has 1 aromatic heterocycles. The van der Waals surface area contributed by atoms with Gasteiger partial charge in [0, 0.05) is 12.1 Å². The maximum Gasteiger partial charge on any atom is 0.199 e. The smallest absolute Gasteiger partial charge is 0.199 e. The summed E-state index contributed by atoms with van der Waals surface area (Å²) in [6, 6.07) is 5.71. The van der Waals surface area contributed by atoms with Crippen LogP contribution in [0.25, 0.3) is 0 Å². The van der Waals surface area contributed by atoms with E-state index >= 15 is 0 Å². The molecule has 0 aliphatic rings. The lowest BCUT2D eigenvalue weighted by atomic mass is 10.5. The molecule has 58 valence electrons. The molecule has 0 atom stereocenters. The van der Waals surface area contributed by atoms with Gasteiger partial charge in [0.25, 0.3) is 0 Å². The lowest BCUT2D eigenvalue weighted by Crippen LogP contribution is -2.46. The third-order valence-electron chi connectivity index (χ3n) is 1.23. The van der Waals surface area contributed by atoms with Crippen LogP contribution in [0, 0.1) is 0 Å². The predicted molar refractivity (Wildman–Crippen MR) is 41.5 cm³/mol. The first-order valence-electron chi connectivity index (χ1n) is 3.48. The highest BCUT2D eigenvalue weighted by Crippen LogP contribution is 1.73. The first-order chi connectivity index (χ1) is 5.29. The van der Waals surface area contributed by atoms with E-state index in [1.165, 1.54) is 0 Å². The maximum absolute atomic E-state index is 10.5.